The van der Waals surface area contributed by atoms with E-state index in [2.05, 4.69) is 9.97 Å². The Morgan fingerprint density at radius 2 is 2.09 bits per heavy atom. The Morgan fingerprint density at radius 1 is 1.23 bits per heavy atom. The molecule has 0 aliphatic rings. The average molecular weight is 328 g/mol. The molecular formula is C16H10ClN3OS. The van der Waals surface area contributed by atoms with Crippen molar-refractivity contribution in [1.29, 1.82) is 0 Å². The van der Waals surface area contributed by atoms with Gasteiger partial charge in [-0.25, -0.2) is 4.98 Å². The summed E-state index contributed by atoms with van der Waals surface area (Å²) in [4.78, 5) is 22.3. The second-order valence-corrected chi connectivity index (χ2v) is 6.26. The Balaban J connectivity index is 2.20. The van der Waals surface area contributed by atoms with E-state index >= 15 is 0 Å². The van der Waals surface area contributed by atoms with E-state index in [4.69, 9.17) is 11.6 Å². The number of hydrogen-bond acceptors (Lipinski definition) is 4. The number of fused-ring (bicyclic) bond motifs is 2. The number of aromatic nitrogens is 3. The summed E-state index contributed by atoms with van der Waals surface area (Å²) in [7, 11) is 1.74. The van der Waals surface area contributed by atoms with Gasteiger partial charge in [-0.3, -0.25) is 9.78 Å². The minimum atomic E-state index is -0.130. The van der Waals surface area contributed by atoms with E-state index in [0.29, 0.717) is 27.3 Å². The van der Waals surface area contributed by atoms with Crippen molar-refractivity contribution in [2.75, 3.05) is 0 Å². The van der Waals surface area contributed by atoms with E-state index in [1.807, 2.05) is 35.7 Å². The summed E-state index contributed by atoms with van der Waals surface area (Å²) in [6.45, 7) is 0. The lowest BCUT2D eigenvalue weighted by molar-refractivity contribution is 0.897. The summed E-state index contributed by atoms with van der Waals surface area (Å²) in [5.74, 6) is 0. The first-order valence-electron chi connectivity index (χ1n) is 6.64. The number of thiophene rings is 1. The zero-order valence-corrected chi connectivity index (χ0v) is 13.1. The summed E-state index contributed by atoms with van der Waals surface area (Å²) < 4.78 is 1.59. The van der Waals surface area contributed by atoms with Crippen LogP contribution in [0.3, 0.4) is 0 Å². The molecule has 108 valence electrons. The summed E-state index contributed by atoms with van der Waals surface area (Å²) >= 11 is 7.98. The summed E-state index contributed by atoms with van der Waals surface area (Å²) in [5.41, 5.74) is 2.28. The quantitative estimate of drug-likeness (QED) is 0.499. The van der Waals surface area contributed by atoms with Gasteiger partial charge in [-0.05, 0) is 23.6 Å². The lowest BCUT2D eigenvalue weighted by Gasteiger charge is -2.10. The van der Waals surface area contributed by atoms with Crippen molar-refractivity contribution in [3.05, 3.63) is 57.3 Å². The predicted octanol–water partition coefficient (Wildman–Crippen LogP) is 3.86. The van der Waals surface area contributed by atoms with Crippen molar-refractivity contribution < 1.29 is 0 Å². The molecule has 6 heteroatoms. The third kappa shape index (κ3) is 1.86. The van der Waals surface area contributed by atoms with Gasteiger partial charge < -0.3 is 4.57 Å². The Hall–Kier alpha value is -2.24. The molecule has 0 atom stereocenters. The van der Waals surface area contributed by atoms with Crippen molar-refractivity contribution in [1.82, 2.24) is 14.5 Å². The maximum Gasteiger partial charge on any atom is 0.278 e. The second-order valence-electron chi connectivity index (χ2n) is 4.94. The van der Waals surface area contributed by atoms with Gasteiger partial charge in [0.15, 0.2) is 0 Å². The molecule has 3 heterocycles. The Morgan fingerprint density at radius 3 is 2.86 bits per heavy atom. The smallest absolute Gasteiger partial charge is 0.278 e. The number of aryl methyl sites for hydroxylation is 1. The molecule has 0 aliphatic heterocycles. The molecule has 4 aromatic rings. The van der Waals surface area contributed by atoms with Gasteiger partial charge in [-0.15, -0.1) is 11.3 Å². The van der Waals surface area contributed by atoms with Crippen molar-refractivity contribution >= 4 is 44.9 Å². The fraction of sp³-hybridized carbons (Fsp3) is 0.0625. The molecule has 0 saturated heterocycles. The summed E-state index contributed by atoms with van der Waals surface area (Å²) in [5, 5.41) is 3.28. The number of rotatable bonds is 1. The molecule has 0 fully saturated rings. The molecule has 0 radical (unpaired) electrons. The molecule has 0 spiro atoms. The van der Waals surface area contributed by atoms with Crippen LogP contribution < -0.4 is 5.56 Å². The maximum absolute atomic E-state index is 12.6. The van der Waals surface area contributed by atoms with Gasteiger partial charge in [0.25, 0.3) is 5.56 Å². The molecule has 0 bridgehead atoms. The maximum atomic E-state index is 12.6. The number of pyridine rings is 1. The van der Waals surface area contributed by atoms with Gasteiger partial charge in [-0.2, -0.15) is 0 Å². The van der Waals surface area contributed by atoms with E-state index in [1.54, 1.807) is 17.8 Å². The highest BCUT2D eigenvalue weighted by molar-refractivity contribution is 7.13. The molecule has 0 aliphatic carbocycles. The second kappa shape index (κ2) is 4.90. The summed E-state index contributed by atoms with van der Waals surface area (Å²) in [6, 6.07) is 9.44. The molecule has 1 aromatic carbocycles. The number of halogens is 1. The zero-order chi connectivity index (χ0) is 15.3. The number of benzene rings is 1. The number of nitrogens with zero attached hydrogens (tertiary/aromatic N) is 3. The van der Waals surface area contributed by atoms with Crippen molar-refractivity contribution in [2.45, 2.75) is 0 Å². The zero-order valence-electron chi connectivity index (χ0n) is 11.6. The van der Waals surface area contributed by atoms with Crippen LogP contribution in [-0.4, -0.2) is 14.5 Å². The van der Waals surface area contributed by atoms with Crippen LogP contribution in [0.1, 0.15) is 0 Å². The minimum absolute atomic E-state index is 0.130. The SMILES string of the molecule is Cn1c(=O)c(-c2cccs2)nc2c(Cl)c3ncccc3cc21. The van der Waals surface area contributed by atoms with Crippen molar-refractivity contribution in [3.63, 3.8) is 0 Å². The molecule has 4 nitrogen and oxygen atoms in total. The largest absolute Gasteiger partial charge is 0.308 e. The van der Waals surface area contributed by atoms with Gasteiger partial charge >= 0.3 is 0 Å². The first kappa shape index (κ1) is 13.4. The Kier molecular flexibility index (Phi) is 2.99. The van der Waals surface area contributed by atoms with Crippen LogP contribution in [0.15, 0.2) is 46.7 Å². The van der Waals surface area contributed by atoms with Gasteiger partial charge in [0.05, 0.1) is 20.9 Å². The first-order valence-corrected chi connectivity index (χ1v) is 7.90. The molecule has 0 N–H and O–H groups in total. The van der Waals surface area contributed by atoms with Gasteiger partial charge in [0.1, 0.15) is 11.2 Å². The highest BCUT2D eigenvalue weighted by Gasteiger charge is 2.15. The first-order chi connectivity index (χ1) is 10.7. The van der Waals surface area contributed by atoms with Crippen LogP contribution in [-0.2, 0) is 7.05 Å². The van der Waals surface area contributed by atoms with Gasteiger partial charge in [-0.1, -0.05) is 23.7 Å². The van der Waals surface area contributed by atoms with Crippen LogP contribution in [0.4, 0.5) is 0 Å². The molecule has 0 unspecified atom stereocenters. The Labute approximate surface area is 134 Å². The normalized spacial score (nSPS) is 11.4. The summed E-state index contributed by atoms with van der Waals surface area (Å²) in [6.07, 6.45) is 1.70. The highest BCUT2D eigenvalue weighted by Crippen LogP contribution is 2.30. The molecular weight excluding hydrogens is 318 g/mol. The topological polar surface area (TPSA) is 47.8 Å². The minimum Gasteiger partial charge on any atom is -0.308 e. The van der Waals surface area contributed by atoms with E-state index in [0.717, 1.165) is 10.3 Å². The Bertz CT molecular complexity index is 1070. The van der Waals surface area contributed by atoms with E-state index in [-0.39, 0.29) is 5.56 Å². The van der Waals surface area contributed by atoms with Crippen molar-refractivity contribution in [2.24, 2.45) is 7.05 Å². The average Bonchev–Trinajstić information content (AvgIpc) is 3.06. The standard InChI is InChI=1S/C16H10ClN3OS/c1-20-10-8-9-4-2-6-18-13(9)12(17)14(10)19-15(16(20)21)11-5-3-7-22-11/h2-8H,1H3. The van der Waals surface area contributed by atoms with E-state index in [1.165, 1.54) is 11.3 Å². The van der Waals surface area contributed by atoms with Gasteiger partial charge in [0.2, 0.25) is 0 Å². The van der Waals surface area contributed by atoms with Gasteiger partial charge in [0, 0.05) is 18.6 Å². The van der Waals surface area contributed by atoms with E-state index in [9.17, 15) is 4.79 Å². The predicted molar refractivity (Wildman–Crippen MR) is 90.6 cm³/mol. The lowest BCUT2D eigenvalue weighted by Crippen LogP contribution is -2.20. The van der Waals surface area contributed by atoms with E-state index < -0.39 is 0 Å². The fourth-order valence-corrected chi connectivity index (χ4v) is 3.52. The lowest BCUT2D eigenvalue weighted by atomic mass is 10.1. The highest BCUT2D eigenvalue weighted by atomic mass is 35.5. The molecule has 22 heavy (non-hydrogen) atoms. The third-order valence-electron chi connectivity index (χ3n) is 3.64. The van der Waals surface area contributed by atoms with Crippen LogP contribution in [0.5, 0.6) is 0 Å². The van der Waals surface area contributed by atoms with Crippen LogP contribution in [0.2, 0.25) is 5.02 Å². The number of hydrogen-bond donors (Lipinski definition) is 0. The van der Waals surface area contributed by atoms with Crippen LogP contribution in [0.25, 0.3) is 32.5 Å². The molecule has 0 saturated carbocycles. The third-order valence-corrected chi connectivity index (χ3v) is 4.87. The fourth-order valence-electron chi connectivity index (χ4n) is 2.52. The monoisotopic (exact) mass is 327 g/mol. The van der Waals surface area contributed by atoms with Crippen LogP contribution in [0, 0.1) is 0 Å². The molecule has 0 amide bonds. The molecule has 4 rings (SSSR count). The van der Waals surface area contributed by atoms with Crippen LogP contribution >= 0.6 is 22.9 Å². The molecule has 3 aromatic heterocycles. The van der Waals surface area contributed by atoms with Crippen molar-refractivity contribution in [3.8, 4) is 10.6 Å².